The first-order valence-electron chi connectivity index (χ1n) is 8.20. The number of hydrogen-bond donors (Lipinski definition) is 1. The van der Waals surface area contributed by atoms with Crippen LogP contribution in [0.2, 0.25) is 0 Å². The molecule has 0 spiro atoms. The van der Waals surface area contributed by atoms with E-state index in [0.717, 1.165) is 36.0 Å². The summed E-state index contributed by atoms with van der Waals surface area (Å²) < 4.78 is 0. The van der Waals surface area contributed by atoms with Crippen LogP contribution >= 0.6 is 11.8 Å². The molecule has 1 N–H and O–H groups in total. The molecule has 4 rings (SSSR count). The van der Waals surface area contributed by atoms with Gasteiger partial charge in [-0.15, -0.1) is 0 Å². The minimum absolute atomic E-state index is 0.0730. The highest BCUT2D eigenvalue weighted by atomic mass is 32.2. The Morgan fingerprint density at radius 2 is 2.12 bits per heavy atom. The highest BCUT2D eigenvalue weighted by molar-refractivity contribution is 7.99. The number of carbonyl (C=O) groups excluding carboxylic acids is 2. The number of nitrogens with zero attached hydrogens (tertiary/aromatic N) is 3. The number of rotatable bonds is 5. The largest absolute Gasteiger partial charge is 0.367 e. The summed E-state index contributed by atoms with van der Waals surface area (Å²) in [5, 5.41) is 5.00. The number of likely N-dealkylation sites (tertiary alicyclic amines) is 1. The summed E-state index contributed by atoms with van der Waals surface area (Å²) in [5.74, 6) is 0.787. The second-order valence-corrected chi connectivity index (χ2v) is 7.06. The zero-order valence-electron chi connectivity index (χ0n) is 13.2. The molecule has 2 aliphatic rings. The Balaban J connectivity index is 1.53. The van der Waals surface area contributed by atoms with Gasteiger partial charge < -0.3 is 5.32 Å². The number of para-hydroxylation sites is 1. The lowest BCUT2D eigenvalue weighted by molar-refractivity contribution is -0.140. The Morgan fingerprint density at radius 3 is 2.88 bits per heavy atom. The average Bonchev–Trinajstić information content (AvgIpc) is 3.30. The molecule has 2 heterocycles. The fourth-order valence-corrected chi connectivity index (χ4v) is 3.49. The molecular formula is C17H18N4O2S. The van der Waals surface area contributed by atoms with Gasteiger partial charge in [0, 0.05) is 24.4 Å². The zero-order chi connectivity index (χ0) is 16.5. The molecule has 0 atom stereocenters. The summed E-state index contributed by atoms with van der Waals surface area (Å²) in [5.41, 5.74) is 0.864. The Labute approximate surface area is 144 Å². The molecule has 24 heavy (non-hydrogen) atoms. The Hall–Kier alpha value is -2.15. The van der Waals surface area contributed by atoms with Crippen LogP contribution in [0.4, 0.5) is 5.82 Å². The molecule has 0 radical (unpaired) electrons. The standard InChI is InChI=1S/C17H18N4O2S/c22-14-6-3-9-21(14)15(23)10-24-17-19-13-5-2-1-4-12(13)16(20-17)18-11-7-8-11/h1-2,4-5,11H,3,6-10H2,(H,18,19,20). The zero-order valence-corrected chi connectivity index (χ0v) is 14.0. The third kappa shape index (κ3) is 3.21. The topological polar surface area (TPSA) is 75.2 Å². The molecule has 2 amide bonds. The van der Waals surface area contributed by atoms with Gasteiger partial charge in [-0.05, 0) is 31.4 Å². The lowest BCUT2D eigenvalue weighted by Gasteiger charge is -2.13. The Bertz CT molecular complexity index is 806. The number of anilines is 1. The van der Waals surface area contributed by atoms with Crippen molar-refractivity contribution >= 4 is 40.3 Å². The van der Waals surface area contributed by atoms with E-state index in [-0.39, 0.29) is 17.6 Å². The van der Waals surface area contributed by atoms with Crippen LogP contribution in [0.25, 0.3) is 10.9 Å². The second-order valence-electron chi connectivity index (χ2n) is 6.12. The lowest BCUT2D eigenvalue weighted by atomic mass is 10.2. The third-order valence-corrected chi connectivity index (χ3v) is 5.03. The number of imide groups is 1. The first kappa shape index (κ1) is 15.4. The molecule has 1 aliphatic carbocycles. The smallest absolute Gasteiger partial charge is 0.239 e. The van der Waals surface area contributed by atoms with E-state index in [1.807, 2.05) is 24.3 Å². The van der Waals surface area contributed by atoms with E-state index in [1.54, 1.807) is 0 Å². The van der Waals surface area contributed by atoms with Gasteiger partial charge in [0.05, 0.1) is 11.3 Å². The van der Waals surface area contributed by atoms with Crippen molar-refractivity contribution < 1.29 is 9.59 Å². The van der Waals surface area contributed by atoms with Crippen molar-refractivity contribution in [3.05, 3.63) is 24.3 Å². The molecule has 7 heteroatoms. The van der Waals surface area contributed by atoms with Crippen LogP contribution in [0.1, 0.15) is 25.7 Å². The summed E-state index contributed by atoms with van der Waals surface area (Å²) >= 11 is 1.29. The molecule has 2 fully saturated rings. The molecule has 1 saturated heterocycles. The van der Waals surface area contributed by atoms with E-state index < -0.39 is 0 Å². The van der Waals surface area contributed by atoms with E-state index in [0.29, 0.717) is 24.2 Å². The number of aromatic nitrogens is 2. The average molecular weight is 342 g/mol. The molecule has 1 aromatic carbocycles. The van der Waals surface area contributed by atoms with Gasteiger partial charge in [0.2, 0.25) is 11.8 Å². The lowest BCUT2D eigenvalue weighted by Crippen LogP contribution is -2.33. The normalized spacial score (nSPS) is 17.5. The Morgan fingerprint density at radius 1 is 1.29 bits per heavy atom. The fourth-order valence-electron chi connectivity index (χ4n) is 2.77. The van der Waals surface area contributed by atoms with Crippen LogP contribution in [0.15, 0.2) is 29.4 Å². The monoisotopic (exact) mass is 342 g/mol. The predicted octanol–water partition coefficient (Wildman–Crippen LogP) is 2.45. The van der Waals surface area contributed by atoms with E-state index in [1.165, 1.54) is 16.7 Å². The van der Waals surface area contributed by atoms with Crippen LogP contribution in [-0.2, 0) is 9.59 Å². The highest BCUT2D eigenvalue weighted by Gasteiger charge is 2.27. The first-order chi connectivity index (χ1) is 11.7. The summed E-state index contributed by atoms with van der Waals surface area (Å²) in [6, 6.07) is 8.36. The number of thioether (sulfide) groups is 1. The van der Waals surface area contributed by atoms with Crippen molar-refractivity contribution in [1.29, 1.82) is 0 Å². The summed E-state index contributed by atoms with van der Waals surface area (Å²) in [6.07, 6.45) is 3.56. The maximum atomic E-state index is 12.2. The molecule has 1 saturated carbocycles. The van der Waals surface area contributed by atoms with Gasteiger partial charge in [-0.1, -0.05) is 23.9 Å². The van der Waals surface area contributed by atoms with E-state index in [9.17, 15) is 9.59 Å². The predicted molar refractivity (Wildman–Crippen MR) is 92.9 cm³/mol. The van der Waals surface area contributed by atoms with Crippen molar-refractivity contribution in [2.45, 2.75) is 36.9 Å². The number of fused-ring (bicyclic) bond motifs is 1. The molecule has 2 aromatic rings. The minimum Gasteiger partial charge on any atom is -0.367 e. The van der Waals surface area contributed by atoms with Crippen LogP contribution in [0, 0.1) is 0 Å². The number of hydrogen-bond acceptors (Lipinski definition) is 6. The number of benzene rings is 1. The van der Waals surface area contributed by atoms with Crippen LogP contribution in [-0.4, -0.2) is 45.0 Å². The van der Waals surface area contributed by atoms with Crippen LogP contribution in [0.3, 0.4) is 0 Å². The molecule has 0 bridgehead atoms. The maximum Gasteiger partial charge on any atom is 0.239 e. The molecule has 1 aromatic heterocycles. The van der Waals surface area contributed by atoms with Crippen molar-refractivity contribution in [1.82, 2.24) is 14.9 Å². The number of amides is 2. The van der Waals surface area contributed by atoms with E-state index >= 15 is 0 Å². The van der Waals surface area contributed by atoms with Gasteiger partial charge in [-0.3, -0.25) is 14.5 Å². The molecule has 0 unspecified atom stereocenters. The van der Waals surface area contributed by atoms with Crippen molar-refractivity contribution in [3.8, 4) is 0 Å². The van der Waals surface area contributed by atoms with Gasteiger partial charge in [0.15, 0.2) is 5.16 Å². The summed E-state index contributed by atoms with van der Waals surface area (Å²) in [7, 11) is 0. The molecular weight excluding hydrogens is 324 g/mol. The molecule has 6 nitrogen and oxygen atoms in total. The summed E-state index contributed by atoms with van der Waals surface area (Å²) in [4.78, 5) is 34.3. The van der Waals surface area contributed by atoms with Gasteiger partial charge in [0.25, 0.3) is 0 Å². The fraction of sp³-hybridized carbons (Fsp3) is 0.412. The van der Waals surface area contributed by atoms with E-state index in [2.05, 4.69) is 15.3 Å². The molecule has 124 valence electrons. The van der Waals surface area contributed by atoms with Crippen LogP contribution in [0.5, 0.6) is 0 Å². The molecule has 1 aliphatic heterocycles. The van der Waals surface area contributed by atoms with Gasteiger partial charge >= 0.3 is 0 Å². The third-order valence-electron chi connectivity index (χ3n) is 4.20. The minimum atomic E-state index is -0.157. The van der Waals surface area contributed by atoms with E-state index in [4.69, 9.17) is 0 Å². The van der Waals surface area contributed by atoms with Crippen molar-refractivity contribution in [3.63, 3.8) is 0 Å². The number of carbonyl (C=O) groups is 2. The highest BCUT2D eigenvalue weighted by Crippen LogP contribution is 2.29. The number of nitrogens with one attached hydrogen (secondary N) is 1. The quantitative estimate of drug-likeness (QED) is 0.664. The summed E-state index contributed by atoms with van der Waals surface area (Å²) in [6.45, 7) is 0.533. The van der Waals surface area contributed by atoms with Gasteiger partial charge in [-0.25, -0.2) is 9.97 Å². The second kappa shape index (κ2) is 6.39. The Kier molecular flexibility index (Phi) is 4.10. The maximum absolute atomic E-state index is 12.2. The first-order valence-corrected chi connectivity index (χ1v) is 9.18. The van der Waals surface area contributed by atoms with Gasteiger partial charge in [0.1, 0.15) is 5.82 Å². The van der Waals surface area contributed by atoms with Crippen molar-refractivity contribution in [2.75, 3.05) is 17.6 Å². The van der Waals surface area contributed by atoms with Gasteiger partial charge in [-0.2, -0.15) is 0 Å². The van der Waals surface area contributed by atoms with Crippen molar-refractivity contribution in [2.24, 2.45) is 0 Å². The SMILES string of the molecule is O=C1CCCN1C(=O)CSc1nc(NC2CC2)c2ccccc2n1. The van der Waals surface area contributed by atoms with Crippen LogP contribution < -0.4 is 5.32 Å².